The van der Waals surface area contributed by atoms with Crippen molar-refractivity contribution in [1.82, 2.24) is 15.3 Å². The predicted molar refractivity (Wildman–Crippen MR) is 94.2 cm³/mol. The Hall–Kier alpha value is -2.91. The van der Waals surface area contributed by atoms with Crippen LogP contribution in [-0.4, -0.2) is 29.0 Å². The van der Waals surface area contributed by atoms with E-state index in [-0.39, 0.29) is 19.1 Å². The summed E-state index contributed by atoms with van der Waals surface area (Å²) in [5, 5.41) is 6.36. The third-order valence-electron chi connectivity index (χ3n) is 3.20. The van der Waals surface area contributed by atoms with Crippen LogP contribution in [0.25, 0.3) is 10.9 Å². The van der Waals surface area contributed by atoms with Gasteiger partial charge in [0.15, 0.2) is 0 Å². The van der Waals surface area contributed by atoms with Crippen molar-refractivity contribution in [2.24, 2.45) is 0 Å². The van der Waals surface area contributed by atoms with E-state index in [4.69, 9.17) is 4.74 Å². The van der Waals surface area contributed by atoms with Gasteiger partial charge in [-0.25, -0.2) is 4.98 Å². The molecule has 1 N–H and O–H groups in total. The zero-order valence-corrected chi connectivity index (χ0v) is 13.9. The molecule has 0 unspecified atom stereocenters. The average Bonchev–Trinajstić information content (AvgIpc) is 3.04. The molecule has 0 aliphatic heterocycles. The van der Waals surface area contributed by atoms with Gasteiger partial charge < -0.3 is 10.1 Å². The molecule has 2 heterocycles. The fourth-order valence-corrected chi connectivity index (χ4v) is 2.64. The first-order valence-electron chi connectivity index (χ1n) is 7.36. The number of benzene rings is 1. The molecule has 0 radical (unpaired) electrons. The minimum Gasteiger partial charge on any atom is -0.481 e. The number of hydrogen-bond donors (Lipinski definition) is 1. The second-order valence-electron chi connectivity index (χ2n) is 4.93. The Morgan fingerprint density at radius 1 is 1.33 bits per heavy atom. The lowest BCUT2D eigenvalue weighted by Gasteiger charge is -2.03. The number of nitrogens with zero attached hydrogens (tertiary/aromatic N) is 2. The first-order chi connectivity index (χ1) is 11.7. The summed E-state index contributed by atoms with van der Waals surface area (Å²) in [5.74, 6) is 6.23. The number of hydrogen-bond acceptors (Lipinski definition) is 5. The Balaban J connectivity index is 1.46. The average molecular weight is 337 g/mol. The Labute approximate surface area is 143 Å². The van der Waals surface area contributed by atoms with Gasteiger partial charge in [-0.05, 0) is 25.1 Å². The van der Waals surface area contributed by atoms with Crippen molar-refractivity contribution in [3.63, 3.8) is 0 Å². The standard InChI is InChI=1S/C18H15N3O2S/c1-13-21-17(12-24-13)18(22)20-8-2-3-10-23-15-7-6-14-5-4-9-19-16(14)11-15/h4-7,9,11-12H,8,10H2,1H3,(H,20,22). The van der Waals surface area contributed by atoms with Gasteiger partial charge in [-0.2, -0.15) is 0 Å². The molecule has 0 bridgehead atoms. The number of ether oxygens (including phenoxy) is 1. The lowest BCUT2D eigenvalue weighted by Crippen LogP contribution is -2.23. The molecule has 0 spiro atoms. The summed E-state index contributed by atoms with van der Waals surface area (Å²) in [6.45, 7) is 2.38. The van der Waals surface area contributed by atoms with Crippen LogP contribution >= 0.6 is 11.3 Å². The zero-order chi connectivity index (χ0) is 16.8. The Bertz CT molecular complexity index is 924. The molecule has 2 aromatic heterocycles. The molecule has 24 heavy (non-hydrogen) atoms. The van der Waals surface area contributed by atoms with Crippen molar-refractivity contribution < 1.29 is 9.53 Å². The van der Waals surface area contributed by atoms with Crippen LogP contribution in [0.1, 0.15) is 15.5 Å². The van der Waals surface area contributed by atoms with Gasteiger partial charge in [0.05, 0.1) is 17.1 Å². The third kappa shape index (κ3) is 4.09. The summed E-state index contributed by atoms with van der Waals surface area (Å²) in [6, 6.07) is 9.62. The topological polar surface area (TPSA) is 64.1 Å². The molecule has 0 fully saturated rings. The number of pyridine rings is 1. The SMILES string of the molecule is Cc1nc(C(=O)NCC#CCOc2ccc3cccnc3c2)cs1. The number of aromatic nitrogens is 2. The normalized spacial score (nSPS) is 10.0. The zero-order valence-electron chi connectivity index (χ0n) is 13.1. The number of fused-ring (bicyclic) bond motifs is 1. The number of aryl methyl sites for hydroxylation is 1. The number of nitrogens with one attached hydrogen (secondary N) is 1. The van der Waals surface area contributed by atoms with Crippen LogP contribution in [0.3, 0.4) is 0 Å². The summed E-state index contributed by atoms with van der Waals surface area (Å²) in [5.41, 5.74) is 1.31. The molecule has 1 amide bonds. The van der Waals surface area contributed by atoms with E-state index in [9.17, 15) is 4.79 Å². The molecule has 0 atom stereocenters. The highest BCUT2D eigenvalue weighted by Crippen LogP contribution is 2.18. The van der Waals surface area contributed by atoms with Crippen LogP contribution < -0.4 is 10.1 Å². The maximum absolute atomic E-state index is 11.8. The van der Waals surface area contributed by atoms with Gasteiger partial charge in [0, 0.05) is 23.0 Å². The number of carbonyl (C=O) groups excluding carboxylic acids is 1. The second-order valence-corrected chi connectivity index (χ2v) is 6.00. The largest absolute Gasteiger partial charge is 0.481 e. The summed E-state index contributed by atoms with van der Waals surface area (Å²) < 4.78 is 5.57. The molecular formula is C18H15N3O2S. The van der Waals surface area contributed by atoms with Crippen LogP contribution in [0.5, 0.6) is 5.75 Å². The molecule has 0 aliphatic rings. The minimum absolute atomic E-state index is 0.213. The van der Waals surface area contributed by atoms with E-state index in [0.29, 0.717) is 5.69 Å². The van der Waals surface area contributed by atoms with E-state index in [2.05, 4.69) is 27.1 Å². The van der Waals surface area contributed by atoms with E-state index in [1.54, 1.807) is 11.6 Å². The first-order valence-corrected chi connectivity index (χ1v) is 8.24. The number of rotatable bonds is 4. The maximum atomic E-state index is 11.8. The molecular weight excluding hydrogens is 322 g/mol. The summed E-state index contributed by atoms with van der Waals surface area (Å²) in [7, 11) is 0. The number of thiazole rings is 1. The monoisotopic (exact) mass is 337 g/mol. The predicted octanol–water partition coefficient (Wildman–Crippen LogP) is 2.81. The molecule has 0 aliphatic carbocycles. The van der Waals surface area contributed by atoms with Crippen molar-refractivity contribution in [3.8, 4) is 17.6 Å². The molecule has 3 aromatic rings. The fraction of sp³-hybridized carbons (Fsp3) is 0.167. The van der Waals surface area contributed by atoms with E-state index < -0.39 is 0 Å². The van der Waals surface area contributed by atoms with E-state index in [1.807, 2.05) is 37.3 Å². The highest BCUT2D eigenvalue weighted by atomic mass is 32.1. The molecule has 120 valence electrons. The summed E-state index contributed by atoms with van der Waals surface area (Å²) in [4.78, 5) is 20.2. The highest BCUT2D eigenvalue weighted by molar-refractivity contribution is 7.09. The van der Waals surface area contributed by atoms with E-state index in [0.717, 1.165) is 21.7 Å². The highest BCUT2D eigenvalue weighted by Gasteiger charge is 2.07. The van der Waals surface area contributed by atoms with Crippen molar-refractivity contribution in [2.45, 2.75) is 6.92 Å². The smallest absolute Gasteiger partial charge is 0.271 e. The lowest BCUT2D eigenvalue weighted by atomic mass is 10.2. The van der Waals surface area contributed by atoms with E-state index >= 15 is 0 Å². The fourth-order valence-electron chi connectivity index (χ4n) is 2.05. The van der Waals surface area contributed by atoms with Crippen molar-refractivity contribution >= 4 is 28.1 Å². The van der Waals surface area contributed by atoms with Crippen molar-refractivity contribution in [3.05, 3.63) is 52.6 Å². The summed E-state index contributed by atoms with van der Waals surface area (Å²) >= 11 is 1.45. The number of amides is 1. The van der Waals surface area contributed by atoms with Crippen molar-refractivity contribution in [1.29, 1.82) is 0 Å². The van der Waals surface area contributed by atoms with Crippen LogP contribution in [0.15, 0.2) is 41.9 Å². The van der Waals surface area contributed by atoms with Crippen LogP contribution in [0.4, 0.5) is 0 Å². The maximum Gasteiger partial charge on any atom is 0.271 e. The molecule has 0 saturated carbocycles. The van der Waals surface area contributed by atoms with Crippen LogP contribution in [-0.2, 0) is 0 Å². The molecule has 5 nitrogen and oxygen atoms in total. The molecule has 3 rings (SSSR count). The van der Waals surface area contributed by atoms with Gasteiger partial charge in [0.1, 0.15) is 18.1 Å². The second kappa shape index (κ2) is 7.57. The third-order valence-corrected chi connectivity index (χ3v) is 3.98. The van der Waals surface area contributed by atoms with Crippen LogP contribution in [0, 0.1) is 18.8 Å². The Morgan fingerprint density at radius 3 is 3.08 bits per heavy atom. The number of carbonyl (C=O) groups is 1. The van der Waals surface area contributed by atoms with E-state index in [1.165, 1.54) is 11.3 Å². The Morgan fingerprint density at radius 2 is 2.25 bits per heavy atom. The lowest BCUT2D eigenvalue weighted by molar-refractivity contribution is 0.0954. The van der Waals surface area contributed by atoms with Gasteiger partial charge in [-0.1, -0.05) is 17.9 Å². The van der Waals surface area contributed by atoms with Gasteiger partial charge in [0.25, 0.3) is 5.91 Å². The quantitative estimate of drug-likeness (QED) is 0.744. The van der Waals surface area contributed by atoms with Crippen LogP contribution in [0.2, 0.25) is 0 Å². The van der Waals surface area contributed by atoms with Gasteiger partial charge in [-0.15, -0.1) is 11.3 Å². The van der Waals surface area contributed by atoms with Crippen molar-refractivity contribution in [2.75, 3.05) is 13.2 Å². The first kappa shape index (κ1) is 16.0. The molecule has 1 aromatic carbocycles. The molecule has 6 heteroatoms. The van der Waals surface area contributed by atoms with Gasteiger partial charge in [0.2, 0.25) is 0 Å². The van der Waals surface area contributed by atoms with Gasteiger partial charge >= 0.3 is 0 Å². The Kier molecular flexibility index (Phi) is 5.04. The minimum atomic E-state index is -0.213. The van der Waals surface area contributed by atoms with Gasteiger partial charge in [-0.3, -0.25) is 9.78 Å². The summed E-state index contributed by atoms with van der Waals surface area (Å²) in [6.07, 6.45) is 1.75. The molecule has 0 saturated heterocycles.